The molecule has 0 radical (unpaired) electrons. The maximum absolute atomic E-state index is 13.7. The molecule has 3 atom stereocenters. The molecule has 1 aliphatic carbocycles. The van der Waals surface area contributed by atoms with Crippen LogP contribution in [0.15, 0.2) is 77.1 Å². The quantitative estimate of drug-likeness (QED) is 0.279. The van der Waals surface area contributed by atoms with Gasteiger partial charge in [-0.2, -0.15) is 0 Å². The van der Waals surface area contributed by atoms with E-state index in [1.165, 1.54) is 25.3 Å². The van der Waals surface area contributed by atoms with Gasteiger partial charge in [-0.1, -0.05) is 49.4 Å². The van der Waals surface area contributed by atoms with E-state index in [4.69, 9.17) is 9.47 Å². The summed E-state index contributed by atoms with van der Waals surface area (Å²) in [5, 5.41) is 14.7. The number of carbonyl (C=O) groups is 3. The van der Waals surface area contributed by atoms with Crippen molar-refractivity contribution in [1.29, 1.82) is 0 Å². The number of esters is 2. The molecular formula is C27H26N2O7. The molecule has 36 heavy (non-hydrogen) atoms. The number of carbonyl (C=O) groups excluding carboxylic acids is 3. The minimum atomic E-state index is -1.04. The average Bonchev–Trinajstić information content (AvgIpc) is 2.86. The zero-order valence-electron chi connectivity index (χ0n) is 20.1. The number of methoxy groups -OCH3 is 1. The van der Waals surface area contributed by atoms with Gasteiger partial charge in [0.15, 0.2) is 5.78 Å². The Labute approximate surface area is 207 Å². The van der Waals surface area contributed by atoms with Crippen molar-refractivity contribution in [2.75, 3.05) is 7.11 Å². The fourth-order valence-corrected chi connectivity index (χ4v) is 4.90. The third-order valence-corrected chi connectivity index (χ3v) is 6.59. The Kier molecular flexibility index (Phi) is 7.00. The number of dihydropyridines is 1. The maximum Gasteiger partial charge on any atom is 0.337 e. The van der Waals surface area contributed by atoms with Gasteiger partial charge in [-0.3, -0.25) is 19.7 Å². The first-order chi connectivity index (χ1) is 17.2. The van der Waals surface area contributed by atoms with Gasteiger partial charge < -0.3 is 14.8 Å². The third-order valence-electron chi connectivity index (χ3n) is 6.59. The predicted molar refractivity (Wildman–Crippen MR) is 129 cm³/mol. The summed E-state index contributed by atoms with van der Waals surface area (Å²) in [4.78, 5) is 50.6. The molecule has 0 bridgehead atoms. The summed E-state index contributed by atoms with van der Waals surface area (Å²) in [7, 11) is 1.22. The monoisotopic (exact) mass is 490 g/mol. The van der Waals surface area contributed by atoms with E-state index in [9.17, 15) is 24.5 Å². The zero-order chi connectivity index (χ0) is 26.0. The van der Waals surface area contributed by atoms with Crippen molar-refractivity contribution in [2.45, 2.75) is 32.8 Å². The van der Waals surface area contributed by atoms with Crippen molar-refractivity contribution in [3.63, 3.8) is 0 Å². The molecule has 4 rings (SSSR count). The van der Waals surface area contributed by atoms with Crippen LogP contribution in [0, 0.1) is 22.0 Å². The van der Waals surface area contributed by atoms with Crippen LogP contribution in [0.5, 0.6) is 0 Å². The van der Waals surface area contributed by atoms with Crippen molar-refractivity contribution in [3.8, 4) is 0 Å². The lowest BCUT2D eigenvalue weighted by Crippen LogP contribution is -2.43. The van der Waals surface area contributed by atoms with Crippen LogP contribution in [0.4, 0.5) is 5.69 Å². The fraction of sp³-hybridized carbons (Fsp3) is 0.296. The number of nitro groups is 1. The molecule has 2 aliphatic rings. The molecule has 0 saturated carbocycles. The first kappa shape index (κ1) is 24.8. The van der Waals surface area contributed by atoms with Gasteiger partial charge in [-0.15, -0.1) is 0 Å². The minimum Gasteiger partial charge on any atom is -0.468 e. The number of ether oxygens (including phenoxy) is 2. The summed E-state index contributed by atoms with van der Waals surface area (Å²) in [5.74, 6) is -4.11. The number of non-ortho nitro benzene ring substituents is 1. The smallest absolute Gasteiger partial charge is 0.337 e. The molecule has 0 spiro atoms. The van der Waals surface area contributed by atoms with E-state index in [-0.39, 0.29) is 29.4 Å². The number of hydrogen-bond donors (Lipinski definition) is 1. The standard InChI is InChI=1S/C27H26N2O7/c1-15-12-20-24(25(30)21(15)26(31)35-3)23(18-10-7-11-19(13-18)29(33)34)22(16(2)28-20)27(32)36-14-17-8-5-4-6-9-17/h4-11,13,15,21,23,28H,12,14H2,1-3H3/t15-,21+,23+/m1/s1. The number of nitrogens with one attached hydrogen (secondary N) is 1. The van der Waals surface area contributed by atoms with Crippen LogP contribution in [0.2, 0.25) is 0 Å². The van der Waals surface area contributed by atoms with E-state index < -0.39 is 34.5 Å². The Bertz CT molecular complexity index is 1300. The number of hydrogen-bond acceptors (Lipinski definition) is 8. The topological polar surface area (TPSA) is 125 Å². The summed E-state index contributed by atoms with van der Waals surface area (Å²) >= 11 is 0. The van der Waals surface area contributed by atoms with Gasteiger partial charge in [0.1, 0.15) is 12.5 Å². The Hall–Kier alpha value is -4.27. The number of allylic oxidation sites excluding steroid dienone is 3. The molecular weight excluding hydrogens is 464 g/mol. The van der Waals surface area contributed by atoms with E-state index in [2.05, 4.69) is 5.32 Å². The Morgan fingerprint density at radius 2 is 1.86 bits per heavy atom. The van der Waals surface area contributed by atoms with Crippen LogP contribution in [0.3, 0.4) is 0 Å². The van der Waals surface area contributed by atoms with Crippen molar-refractivity contribution in [1.82, 2.24) is 5.32 Å². The number of nitro benzene ring substituents is 1. The molecule has 9 heteroatoms. The first-order valence-corrected chi connectivity index (χ1v) is 11.5. The lowest BCUT2D eigenvalue weighted by molar-refractivity contribution is -0.384. The number of benzene rings is 2. The fourth-order valence-electron chi connectivity index (χ4n) is 4.90. The molecule has 1 heterocycles. The Morgan fingerprint density at radius 3 is 2.53 bits per heavy atom. The van der Waals surface area contributed by atoms with Gasteiger partial charge in [-0.05, 0) is 30.4 Å². The molecule has 0 amide bonds. The summed E-state index contributed by atoms with van der Waals surface area (Å²) in [6.45, 7) is 3.50. The molecule has 2 aromatic rings. The highest BCUT2D eigenvalue weighted by molar-refractivity contribution is 6.12. The van der Waals surface area contributed by atoms with Gasteiger partial charge >= 0.3 is 11.9 Å². The predicted octanol–water partition coefficient (Wildman–Crippen LogP) is 3.95. The normalized spacial score (nSPS) is 21.4. The molecule has 9 nitrogen and oxygen atoms in total. The van der Waals surface area contributed by atoms with Gasteiger partial charge in [0, 0.05) is 35.0 Å². The van der Waals surface area contributed by atoms with Crippen LogP contribution >= 0.6 is 0 Å². The average molecular weight is 491 g/mol. The largest absolute Gasteiger partial charge is 0.468 e. The first-order valence-electron chi connectivity index (χ1n) is 11.5. The van der Waals surface area contributed by atoms with Gasteiger partial charge in [-0.25, -0.2) is 4.79 Å². The SMILES string of the molecule is COC(=O)[C@@H]1C(=O)C2=C(C[C@H]1C)NC(C)=C(C(=O)OCc1ccccc1)[C@@H]2c1cccc([N+](=O)[O-])c1. The van der Waals surface area contributed by atoms with Crippen molar-refractivity contribution < 1.29 is 28.8 Å². The van der Waals surface area contributed by atoms with E-state index in [0.29, 0.717) is 23.4 Å². The second-order valence-corrected chi connectivity index (χ2v) is 8.95. The van der Waals surface area contributed by atoms with E-state index in [0.717, 1.165) is 5.56 Å². The van der Waals surface area contributed by atoms with Crippen LogP contribution in [-0.2, 0) is 30.5 Å². The van der Waals surface area contributed by atoms with Crippen molar-refractivity contribution >= 4 is 23.4 Å². The second-order valence-electron chi connectivity index (χ2n) is 8.95. The van der Waals surface area contributed by atoms with E-state index >= 15 is 0 Å². The maximum atomic E-state index is 13.7. The lowest BCUT2D eigenvalue weighted by atomic mass is 9.69. The minimum absolute atomic E-state index is 0.0137. The van der Waals surface area contributed by atoms with Crippen molar-refractivity contribution in [3.05, 3.63) is 98.4 Å². The summed E-state index contributed by atoms with van der Waals surface area (Å²) < 4.78 is 10.5. The summed E-state index contributed by atoms with van der Waals surface area (Å²) in [6, 6.07) is 15.0. The van der Waals surface area contributed by atoms with Crippen molar-refractivity contribution in [2.24, 2.45) is 11.8 Å². The van der Waals surface area contributed by atoms with Gasteiger partial charge in [0.25, 0.3) is 5.69 Å². The van der Waals surface area contributed by atoms with E-state index in [1.54, 1.807) is 19.9 Å². The second kappa shape index (κ2) is 10.2. The summed E-state index contributed by atoms with van der Waals surface area (Å²) in [5.41, 5.74) is 2.45. The molecule has 0 unspecified atom stereocenters. The Morgan fingerprint density at radius 1 is 1.14 bits per heavy atom. The molecule has 2 aromatic carbocycles. The van der Waals surface area contributed by atoms with E-state index in [1.807, 2.05) is 30.3 Å². The number of rotatable bonds is 6. The molecule has 0 saturated heterocycles. The highest BCUT2D eigenvalue weighted by atomic mass is 16.6. The Balaban J connectivity index is 1.80. The van der Waals surface area contributed by atoms with Crippen LogP contribution in [0.1, 0.15) is 37.3 Å². The van der Waals surface area contributed by atoms with Crippen LogP contribution in [0.25, 0.3) is 0 Å². The van der Waals surface area contributed by atoms with Gasteiger partial charge in [0.2, 0.25) is 0 Å². The lowest BCUT2D eigenvalue weighted by Gasteiger charge is -2.38. The molecule has 0 aromatic heterocycles. The zero-order valence-corrected chi connectivity index (χ0v) is 20.1. The van der Waals surface area contributed by atoms with Crippen LogP contribution < -0.4 is 5.32 Å². The third kappa shape index (κ3) is 4.64. The van der Waals surface area contributed by atoms with Gasteiger partial charge in [0.05, 0.1) is 17.6 Å². The summed E-state index contributed by atoms with van der Waals surface area (Å²) in [6.07, 6.45) is 0.371. The number of ketones is 1. The highest BCUT2D eigenvalue weighted by Crippen LogP contribution is 2.46. The number of Topliss-reactive ketones (excluding diaryl/α,β-unsaturated/α-hetero) is 1. The molecule has 1 N–H and O–H groups in total. The number of nitrogens with zero attached hydrogens (tertiary/aromatic N) is 1. The van der Waals surface area contributed by atoms with Crippen LogP contribution in [-0.4, -0.2) is 29.8 Å². The molecule has 186 valence electrons. The molecule has 1 aliphatic heterocycles. The molecule has 0 fully saturated rings. The highest BCUT2D eigenvalue weighted by Gasteiger charge is 2.47.